The van der Waals surface area contributed by atoms with E-state index in [2.05, 4.69) is 9.97 Å². The molecule has 116 valence electrons. The van der Waals surface area contributed by atoms with Crippen molar-refractivity contribution in [2.45, 2.75) is 6.92 Å². The van der Waals surface area contributed by atoms with Crippen LogP contribution >= 0.6 is 0 Å². The van der Waals surface area contributed by atoms with E-state index in [1.54, 1.807) is 12.1 Å². The average molecular weight is 310 g/mol. The molecular weight excluding hydrogens is 298 g/mol. The lowest BCUT2D eigenvalue weighted by molar-refractivity contribution is -0.254. The predicted molar refractivity (Wildman–Crippen MR) is 82.1 cm³/mol. The van der Waals surface area contributed by atoms with E-state index in [0.717, 1.165) is 10.1 Å². The highest BCUT2D eigenvalue weighted by Crippen LogP contribution is 2.22. The van der Waals surface area contributed by atoms with Gasteiger partial charge in [0.05, 0.1) is 17.0 Å². The third-order valence-corrected chi connectivity index (χ3v) is 3.64. The van der Waals surface area contributed by atoms with Crippen LogP contribution < -0.4 is 16.4 Å². The minimum absolute atomic E-state index is 0.00368. The third-order valence-electron chi connectivity index (χ3n) is 3.64. The van der Waals surface area contributed by atoms with E-state index in [4.69, 9.17) is 0 Å². The molecule has 23 heavy (non-hydrogen) atoms. The number of pyridine rings is 1. The summed E-state index contributed by atoms with van der Waals surface area (Å²) in [5.74, 6) is -1.50. The van der Waals surface area contributed by atoms with Crippen LogP contribution in [0.3, 0.4) is 0 Å². The maximum atomic E-state index is 12.0. The van der Waals surface area contributed by atoms with Gasteiger partial charge in [0.1, 0.15) is 0 Å². The highest BCUT2D eigenvalue weighted by Gasteiger charge is 2.14. The Morgan fingerprint density at radius 2 is 1.87 bits per heavy atom. The summed E-state index contributed by atoms with van der Waals surface area (Å²) in [5, 5.41) is 11.2. The van der Waals surface area contributed by atoms with E-state index in [1.807, 2.05) is 19.1 Å². The summed E-state index contributed by atoms with van der Waals surface area (Å²) in [7, 11) is 1.41. The molecule has 0 bridgehead atoms. The predicted octanol–water partition coefficient (Wildman–Crippen LogP) is -0.0393. The Morgan fingerprint density at radius 1 is 1.22 bits per heavy atom. The van der Waals surface area contributed by atoms with Crippen molar-refractivity contribution < 1.29 is 9.90 Å². The van der Waals surface area contributed by atoms with Crippen LogP contribution in [0.4, 0.5) is 0 Å². The first-order chi connectivity index (χ1) is 10.9. The molecular formula is C16H12N3O4-. The van der Waals surface area contributed by atoms with Crippen LogP contribution in [-0.4, -0.2) is 20.5 Å². The maximum absolute atomic E-state index is 12.0. The quantitative estimate of drug-likeness (QED) is 0.714. The summed E-state index contributed by atoms with van der Waals surface area (Å²) >= 11 is 0. The number of aromatic carboxylic acids is 1. The van der Waals surface area contributed by atoms with Gasteiger partial charge < -0.3 is 9.90 Å². The number of carboxylic acid groups (broad SMARTS) is 1. The Labute approximate surface area is 129 Å². The molecule has 7 heteroatoms. The van der Waals surface area contributed by atoms with Gasteiger partial charge in [-0.25, -0.2) is 9.78 Å². The number of hydrogen-bond donors (Lipinski definition) is 1. The highest BCUT2D eigenvalue weighted by atomic mass is 16.4. The molecule has 7 nitrogen and oxygen atoms in total. The number of H-pyrrole nitrogens is 1. The lowest BCUT2D eigenvalue weighted by Gasteiger charge is -2.12. The van der Waals surface area contributed by atoms with E-state index in [9.17, 15) is 19.5 Å². The van der Waals surface area contributed by atoms with Gasteiger partial charge in [-0.3, -0.25) is 14.3 Å². The number of hydrogen-bond acceptors (Lipinski definition) is 5. The zero-order chi connectivity index (χ0) is 16.7. The van der Waals surface area contributed by atoms with Crippen molar-refractivity contribution in [2.24, 2.45) is 7.05 Å². The number of aromatic amines is 1. The molecule has 2 aromatic heterocycles. The summed E-state index contributed by atoms with van der Waals surface area (Å²) in [6.45, 7) is 1.92. The molecule has 2 heterocycles. The molecule has 0 fully saturated rings. The molecule has 0 radical (unpaired) electrons. The van der Waals surface area contributed by atoms with E-state index >= 15 is 0 Å². The molecule has 0 saturated heterocycles. The summed E-state index contributed by atoms with van der Waals surface area (Å²) in [5.41, 5.74) is 0.285. The van der Waals surface area contributed by atoms with Gasteiger partial charge >= 0.3 is 5.69 Å². The van der Waals surface area contributed by atoms with Gasteiger partial charge in [0.15, 0.2) is 5.65 Å². The number of carbonyl (C=O) groups is 1. The Hall–Kier alpha value is -3.22. The second kappa shape index (κ2) is 5.20. The fourth-order valence-corrected chi connectivity index (χ4v) is 2.37. The largest absolute Gasteiger partial charge is 0.545 e. The van der Waals surface area contributed by atoms with Crippen LogP contribution in [0.1, 0.15) is 15.9 Å². The van der Waals surface area contributed by atoms with Crippen LogP contribution in [0.15, 0.2) is 39.9 Å². The number of rotatable bonds is 2. The van der Waals surface area contributed by atoms with Crippen LogP contribution in [0, 0.1) is 6.92 Å². The standard InChI is InChI=1S/C16H13N3O4/c1-8-3-5-9(6-4-8)11-7-10(15(21)22)12-13(17-11)19(2)16(23)18-14(12)20/h3-7H,1-2H3,(H,21,22)(H,18,20,23)/p-1. The topological polar surface area (TPSA) is 108 Å². The van der Waals surface area contributed by atoms with Gasteiger partial charge in [0.25, 0.3) is 5.56 Å². The van der Waals surface area contributed by atoms with E-state index in [1.165, 1.54) is 13.1 Å². The molecule has 0 atom stereocenters. The van der Waals surface area contributed by atoms with Crippen LogP contribution in [0.25, 0.3) is 22.3 Å². The van der Waals surface area contributed by atoms with E-state index in [-0.39, 0.29) is 16.6 Å². The first kappa shape index (κ1) is 14.7. The second-order valence-electron chi connectivity index (χ2n) is 5.23. The number of nitrogens with zero attached hydrogens (tertiary/aromatic N) is 2. The lowest BCUT2D eigenvalue weighted by atomic mass is 10.1. The highest BCUT2D eigenvalue weighted by molar-refractivity contribution is 6.01. The van der Waals surface area contributed by atoms with Gasteiger partial charge in [0.2, 0.25) is 0 Å². The van der Waals surface area contributed by atoms with E-state index < -0.39 is 17.2 Å². The molecule has 0 aliphatic rings. The molecule has 0 aliphatic heterocycles. The van der Waals surface area contributed by atoms with E-state index in [0.29, 0.717) is 11.3 Å². The molecule has 0 spiro atoms. The number of carboxylic acids is 1. The number of aryl methyl sites for hydroxylation is 2. The van der Waals surface area contributed by atoms with Crippen LogP contribution in [0.2, 0.25) is 0 Å². The number of benzene rings is 1. The molecule has 0 aliphatic carbocycles. The molecule has 3 rings (SSSR count). The minimum Gasteiger partial charge on any atom is -0.545 e. The molecule has 0 unspecified atom stereocenters. The summed E-state index contributed by atoms with van der Waals surface area (Å²) in [6.07, 6.45) is 0. The van der Waals surface area contributed by atoms with Crippen molar-refractivity contribution in [2.75, 3.05) is 0 Å². The summed E-state index contributed by atoms with van der Waals surface area (Å²) in [4.78, 5) is 41.5. The monoisotopic (exact) mass is 310 g/mol. The van der Waals surface area contributed by atoms with Crippen molar-refractivity contribution in [3.05, 3.63) is 62.3 Å². The number of carbonyl (C=O) groups excluding carboxylic acids is 1. The molecule has 0 saturated carbocycles. The first-order valence-electron chi connectivity index (χ1n) is 6.81. The first-order valence-corrected chi connectivity index (χ1v) is 6.81. The van der Waals surface area contributed by atoms with Gasteiger partial charge in [-0.05, 0) is 13.0 Å². The third kappa shape index (κ3) is 2.42. The van der Waals surface area contributed by atoms with Crippen molar-refractivity contribution in [1.29, 1.82) is 0 Å². The molecule has 1 N–H and O–H groups in total. The lowest BCUT2D eigenvalue weighted by Crippen LogP contribution is -2.32. The van der Waals surface area contributed by atoms with Crippen molar-refractivity contribution in [3.8, 4) is 11.3 Å². The summed E-state index contributed by atoms with van der Waals surface area (Å²) < 4.78 is 1.10. The van der Waals surface area contributed by atoms with Crippen LogP contribution in [0.5, 0.6) is 0 Å². The molecule has 3 aromatic rings. The zero-order valence-corrected chi connectivity index (χ0v) is 12.4. The Bertz CT molecular complexity index is 1050. The molecule has 0 amide bonds. The SMILES string of the molecule is Cc1ccc(-c2cc(C(=O)[O-])c3c(=O)[nH]c(=O)n(C)c3n2)cc1. The van der Waals surface area contributed by atoms with Gasteiger partial charge in [0, 0.05) is 18.2 Å². The van der Waals surface area contributed by atoms with Crippen molar-refractivity contribution in [3.63, 3.8) is 0 Å². The Kier molecular flexibility index (Phi) is 3.33. The van der Waals surface area contributed by atoms with Gasteiger partial charge in [-0.2, -0.15) is 0 Å². The normalized spacial score (nSPS) is 10.9. The number of aromatic nitrogens is 3. The Balaban J connectivity index is 2.45. The van der Waals surface area contributed by atoms with Crippen molar-refractivity contribution in [1.82, 2.24) is 14.5 Å². The van der Waals surface area contributed by atoms with Gasteiger partial charge in [-0.15, -0.1) is 0 Å². The summed E-state index contributed by atoms with van der Waals surface area (Å²) in [6, 6.07) is 8.57. The number of nitrogens with one attached hydrogen (secondary N) is 1. The minimum atomic E-state index is -1.50. The van der Waals surface area contributed by atoms with Crippen molar-refractivity contribution >= 4 is 17.0 Å². The smallest absolute Gasteiger partial charge is 0.329 e. The van der Waals surface area contributed by atoms with Gasteiger partial charge in [-0.1, -0.05) is 29.8 Å². The molecule has 1 aromatic carbocycles. The number of fused-ring (bicyclic) bond motifs is 1. The fraction of sp³-hybridized carbons (Fsp3) is 0.125. The second-order valence-corrected chi connectivity index (χ2v) is 5.23. The fourth-order valence-electron chi connectivity index (χ4n) is 2.37. The average Bonchev–Trinajstić information content (AvgIpc) is 2.52. The van der Waals surface area contributed by atoms with Crippen LogP contribution in [-0.2, 0) is 7.05 Å². The maximum Gasteiger partial charge on any atom is 0.329 e. The Morgan fingerprint density at radius 3 is 2.48 bits per heavy atom. The zero-order valence-electron chi connectivity index (χ0n) is 12.4.